The molecule has 25 heavy (non-hydrogen) atoms. The van der Waals surface area contributed by atoms with Crippen molar-refractivity contribution in [2.24, 2.45) is 0 Å². The number of benzene rings is 2. The number of aryl methyl sites for hydroxylation is 1. The van der Waals surface area contributed by atoms with Crippen molar-refractivity contribution < 1.29 is 14.3 Å². The number of anilines is 1. The Kier molecular flexibility index (Phi) is 4.75. The van der Waals surface area contributed by atoms with Gasteiger partial charge in [-0.25, -0.2) is 4.98 Å². The van der Waals surface area contributed by atoms with E-state index in [2.05, 4.69) is 10.3 Å². The highest BCUT2D eigenvalue weighted by atomic mass is 16.5. The van der Waals surface area contributed by atoms with Crippen molar-refractivity contribution in [1.82, 2.24) is 4.98 Å². The number of nitrogens with one attached hydrogen (secondary N) is 1. The monoisotopic (exact) mass is 334 g/mol. The van der Waals surface area contributed by atoms with E-state index in [-0.39, 0.29) is 18.5 Å². The number of hydrogen-bond acceptors (Lipinski definition) is 4. The van der Waals surface area contributed by atoms with Gasteiger partial charge >= 0.3 is 5.97 Å². The number of esters is 1. The molecular weight excluding hydrogens is 316 g/mol. The summed E-state index contributed by atoms with van der Waals surface area (Å²) in [5.74, 6) is -0.673. The Bertz CT molecular complexity index is 951. The lowest BCUT2D eigenvalue weighted by molar-refractivity contribution is -0.142. The molecule has 0 spiro atoms. The predicted octanol–water partition coefficient (Wildman–Crippen LogP) is 3.86. The van der Waals surface area contributed by atoms with Crippen LogP contribution in [0.2, 0.25) is 0 Å². The van der Waals surface area contributed by atoms with Gasteiger partial charge in [0.1, 0.15) is 12.3 Å². The van der Waals surface area contributed by atoms with E-state index >= 15 is 0 Å². The van der Waals surface area contributed by atoms with Gasteiger partial charge in [0.2, 0.25) is 0 Å². The first-order chi connectivity index (χ1) is 12.0. The summed E-state index contributed by atoms with van der Waals surface area (Å²) in [6.07, 6.45) is 0. The molecular formula is C20H18N2O3. The Morgan fingerprint density at radius 3 is 2.68 bits per heavy atom. The SMILES string of the molecule is CC(=O)OCc1cc(C)ccc1NC(=O)c1ccc2ccccc2n1. The van der Waals surface area contributed by atoms with Crippen molar-refractivity contribution >= 4 is 28.5 Å². The van der Waals surface area contributed by atoms with Gasteiger partial charge in [-0.2, -0.15) is 0 Å². The minimum Gasteiger partial charge on any atom is -0.461 e. The van der Waals surface area contributed by atoms with Crippen LogP contribution in [-0.2, 0) is 16.1 Å². The molecule has 0 radical (unpaired) electrons. The number of hydrogen-bond donors (Lipinski definition) is 1. The second-order valence-corrected chi connectivity index (χ2v) is 5.78. The lowest BCUT2D eigenvalue weighted by atomic mass is 10.1. The van der Waals surface area contributed by atoms with Gasteiger partial charge in [-0.05, 0) is 25.1 Å². The average molecular weight is 334 g/mol. The average Bonchev–Trinajstić information content (AvgIpc) is 2.61. The summed E-state index contributed by atoms with van der Waals surface area (Å²) in [5, 5.41) is 3.83. The molecule has 0 saturated carbocycles. The van der Waals surface area contributed by atoms with Crippen LogP contribution >= 0.6 is 0 Å². The Balaban J connectivity index is 1.85. The van der Waals surface area contributed by atoms with Crippen LogP contribution in [0.5, 0.6) is 0 Å². The molecule has 5 nitrogen and oxygen atoms in total. The van der Waals surface area contributed by atoms with Crippen molar-refractivity contribution in [3.8, 4) is 0 Å². The minimum atomic E-state index is -0.366. The lowest BCUT2D eigenvalue weighted by Gasteiger charge is -2.12. The normalized spacial score (nSPS) is 10.5. The van der Waals surface area contributed by atoms with Crippen LogP contribution in [0.1, 0.15) is 28.5 Å². The summed E-state index contributed by atoms with van der Waals surface area (Å²) < 4.78 is 5.06. The summed E-state index contributed by atoms with van der Waals surface area (Å²) in [6, 6.07) is 16.8. The third kappa shape index (κ3) is 4.01. The number of nitrogens with zero attached hydrogens (tertiary/aromatic N) is 1. The molecule has 0 aliphatic heterocycles. The van der Waals surface area contributed by atoms with E-state index in [4.69, 9.17) is 4.74 Å². The molecule has 126 valence electrons. The molecule has 3 aromatic rings. The standard InChI is InChI=1S/C20H18N2O3/c1-13-7-9-18(16(11-13)12-25-14(2)23)22-20(24)19-10-8-15-5-3-4-6-17(15)21-19/h3-11H,12H2,1-2H3,(H,22,24). The number of amides is 1. The van der Waals surface area contributed by atoms with Crippen molar-refractivity contribution in [3.05, 3.63) is 71.4 Å². The van der Waals surface area contributed by atoms with Gasteiger partial charge in [-0.3, -0.25) is 9.59 Å². The molecule has 0 bridgehead atoms. The summed E-state index contributed by atoms with van der Waals surface area (Å²) in [7, 11) is 0. The topological polar surface area (TPSA) is 68.3 Å². The van der Waals surface area contributed by atoms with E-state index < -0.39 is 0 Å². The van der Waals surface area contributed by atoms with Crippen LogP contribution in [0.15, 0.2) is 54.6 Å². The highest BCUT2D eigenvalue weighted by Gasteiger charge is 2.12. The van der Waals surface area contributed by atoms with Crippen LogP contribution in [0.4, 0.5) is 5.69 Å². The molecule has 0 aliphatic carbocycles. The summed E-state index contributed by atoms with van der Waals surface area (Å²) in [5.41, 5.74) is 3.46. The maximum Gasteiger partial charge on any atom is 0.302 e. The molecule has 5 heteroatoms. The molecule has 1 amide bonds. The highest BCUT2D eigenvalue weighted by Crippen LogP contribution is 2.20. The summed E-state index contributed by atoms with van der Waals surface area (Å²) in [4.78, 5) is 28.0. The van der Waals surface area contributed by atoms with E-state index in [1.165, 1.54) is 6.92 Å². The number of rotatable bonds is 4. The molecule has 0 fully saturated rings. The van der Waals surface area contributed by atoms with Gasteiger partial charge < -0.3 is 10.1 Å². The predicted molar refractivity (Wildman–Crippen MR) is 96.3 cm³/mol. The molecule has 0 saturated heterocycles. The first-order valence-electron chi connectivity index (χ1n) is 7.93. The van der Waals surface area contributed by atoms with E-state index in [1.54, 1.807) is 12.1 Å². The van der Waals surface area contributed by atoms with Gasteiger partial charge in [-0.15, -0.1) is 0 Å². The minimum absolute atomic E-state index is 0.109. The van der Waals surface area contributed by atoms with E-state index in [0.29, 0.717) is 11.4 Å². The third-order valence-corrected chi connectivity index (χ3v) is 3.77. The van der Waals surface area contributed by atoms with Crippen LogP contribution in [0.3, 0.4) is 0 Å². The second-order valence-electron chi connectivity index (χ2n) is 5.78. The zero-order valence-electron chi connectivity index (χ0n) is 14.1. The Hall–Kier alpha value is -3.21. The highest BCUT2D eigenvalue weighted by molar-refractivity contribution is 6.04. The molecule has 0 unspecified atom stereocenters. The van der Waals surface area contributed by atoms with Gasteiger partial charge in [0.15, 0.2) is 0 Å². The number of pyridine rings is 1. The Morgan fingerprint density at radius 1 is 1.08 bits per heavy atom. The van der Waals surface area contributed by atoms with E-state index in [0.717, 1.165) is 22.0 Å². The molecule has 3 rings (SSSR count). The van der Waals surface area contributed by atoms with Crippen LogP contribution < -0.4 is 5.32 Å². The maximum absolute atomic E-state index is 12.6. The number of ether oxygens (including phenoxy) is 1. The summed E-state index contributed by atoms with van der Waals surface area (Å²) in [6.45, 7) is 3.40. The van der Waals surface area contributed by atoms with Crippen molar-refractivity contribution in [2.75, 3.05) is 5.32 Å². The summed E-state index contributed by atoms with van der Waals surface area (Å²) >= 11 is 0. The van der Waals surface area contributed by atoms with Gasteiger partial charge in [0, 0.05) is 23.6 Å². The quantitative estimate of drug-likeness (QED) is 0.736. The number of para-hydroxylation sites is 1. The smallest absolute Gasteiger partial charge is 0.302 e. The second kappa shape index (κ2) is 7.13. The fraction of sp³-hybridized carbons (Fsp3) is 0.150. The molecule has 0 aliphatic rings. The largest absolute Gasteiger partial charge is 0.461 e. The zero-order chi connectivity index (χ0) is 17.8. The van der Waals surface area contributed by atoms with Gasteiger partial charge in [-0.1, -0.05) is 42.0 Å². The number of aromatic nitrogens is 1. The van der Waals surface area contributed by atoms with Crippen LogP contribution in [0.25, 0.3) is 10.9 Å². The maximum atomic E-state index is 12.6. The molecule has 1 aromatic heterocycles. The Morgan fingerprint density at radius 2 is 1.88 bits per heavy atom. The molecule has 0 atom stereocenters. The number of carbonyl (C=O) groups is 2. The number of fused-ring (bicyclic) bond motifs is 1. The van der Waals surface area contributed by atoms with Crippen molar-refractivity contribution in [2.45, 2.75) is 20.5 Å². The molecule has 1 heterocycles. The zero-order valence-corrected chi connectivity index (χ0v) is 14.1. The molecule has 1 N–H and O–H groups in total. The van der Waals surface area contributed by atoms with Crippen molar-refractivity contribution in [3.63, 3.8) is 0 Å². The van der Waals surface area contributed by atoms with Crippen molar-refractivity contribution in [1.29, 1.82) is 0 Å². The van der Waals surface area contributed by atoms with Gasteiger partial charge in [0.25, 0.3) is 5.91 Å². The lowest BCUT2D eigenvalue weighted by Crippen LogP contribution is -2.15. The molecule has 2 aromatic carbocycles. The Labute approximate surface area is 145 Å². The first kappa shape index (κ1) is 16.6. The van der Waals surface area contributed by atoms with E-state index in [9.17, 15) is 9.59 Å². The van der Waals surface area contributed by atoms with E-state index in [1.807, 2.05) is 49.4 Å². The fourth-order valence-electron chi connectivity index (χ4n) is 2.52. The fourth-order valence-corrected chi connectivity index (χ4v) is 2.52. The van der Waals surface area contributed by atoms with Crippen LogP contribution in [-0.4, -0.2) is 16.9 Å². The third-order valence-electron chi connectivity index (χ3n) is 3.77. The number of carbonyl (C=O) groups excluding carboxylic acids is 2. The van der Waals surface area contributed by atoms with Gasteiger partial charge in [0.05, 0.1) is 5.52 Å². The first-order valence-corrected chi connectivity index (χ1v) is 7.93. The van der Waals surface area contributed by atoms with Crippen LogP contribution in [0, 0.1) is 6.92 Å².